The summed E-state index contributed by atoms with van der Waals surface area (Å²) in [5, 5.41) is 3.70. The number of carbonyl (C=O) groups excluding carboxylic acids is 4. The van der Waals surface area contributed by atoms with Gasteiger partial charge in [-0.25, -0.2) is 4.79 Å². The van der Waals surface area contributed by atoms with Gasteiger partial charge in [0.25, 0.3) is 5.91 Å². The van der Waals surface area contributed by atoms with Crippen molar-refractivity contribution in [3.63, 3.8) is 0 Å². The fraction of sp³-hybridized carbons (Fsp3) is 0.520. The zero-order valence-corrected chi connectivity index (χ0v) is 21.9. The van der Waals surface area contributed by atoms with Crippen LogP contribution >= 0.6 is 23.2 Å². The fourth-order valence-corrected chi connectivity index (χ4v) is 5.59. The first kappa shape index (κ1) is 26.3. The number of nitrogens with zero attached hydrogens (tertiary/aromatic N) is 3. The third-order valence-electron chi connectivity index (χ3n) is 6.88. The van der Waals surface area contributed by atoms with Crippen LogP contribution in [0.3, 0.4) is 0 Å². The maximum absolute atomic E-state index is 13.5. The van der Waals surface area contributed by atoms with E-state index in [1.54, 1.807) is 39.8 Å². The molecular weight excluding hydrogens is 507 g/mol. The summed E-state index contributed by atoms with van der Waals surface area (Å²) in [7, 11) is 0. The summed E-state index contributed by atoms with van der Waals surface area (Å²) in [5.74, 6) is -0.939. The first-order chi connectivity index (χ1) is 17.2. The minimum Gasteiger partial charge on any atom is -0.466 e. The molecule has 1 fully saturated rings. The van der Waals surface area contributed by atoms with E-state index in [4.69, 9.17) is 27.9 Å². The Bertz CT molecular complexity index is 1110. The van der Waals surface area contributed by atoms with Crippen molar-refractivity contribution >= 4 is 47.0 Å². The van der Waals surface area contributed by atoms with Crippen molar-refractivity contribution in [2.45, 2.75) is 39.2 Å². The zero-order chi connectivity index (χ0) is 26.0. The molecule has 1 aromatic carbocycles. The Morgan fingerprint density at radius 1 is 1.19 bits per heavy atom. The number of carbonyl (C=O) groups is 4. The minimum absolute atomic E-state index is 0.111. The largest absolute Gasteiger partial charge is 0.466 e. The predicted octanol–water partition coefficient (Wildman–Crippen LogP) is 3.37. The molecule has 2 unspecified atom stereocenters. The molecule has 0 bridgehead atoms. The second kappa shape index (κ2) is 11.1. The number of hydrogen-bond acceptors (Lipinski definition) is 5. The van der Waals surface area contributed by atoms with Crippen LogP contribution in [0.4, 0.5) is 4.79 Å². The van der Waals surface area contributed by atoms with E-state index in [9.17, 15) is 19.2 Å². The van der Waals surface area contributed by atoms with Crippen LogP contribution in [0, 0.1) is 5.92 Å². The molecule has 0 saturated carbocycles. The van der Waals surface area contributed by atoms with Crippen LogP contribution in [0.15, 0.2) is 29.5 Å². The lowest BCUT2D eigenvalue weighted by molar-refractivity contribution is -0.151. The van der Waals surface area contributed by atoms with E-state index in [-0.39, 0.29) is 49.2 Å². The summed E-state index contributed by atoms with van der Waals surface area (Å²) in [5.41, 5.74) is 1.66. The number of likely N-dealkylation sites (tertiary alicyclic amines) is 1. The number of esters is 1. The van der Waals surface area contributed by atoms with Crippen LogP contribution in [0.5, 0.6) is 0 Å². The molecule has 3 heterocycles. The SMILES string of the molecule is CCOC(=O)C1CCCN(C(=O)CCN2CC3=C(C2=O)C(c2ccc(Cl)cc2Cl)NC(=O)N3CC)C1. The number of ether oxygens (including phenoxy) is 1. The Kier molecular flexibility index (Phi) is 8.10. The van der Waals surface area contributed by atoms with Crippen molar-refractivity contribution in [3.8, 4) is 0 Å². The van der Waals surface area contributed by atoms with Gasteiger partial charge in [0.05, 0.1) is 36.4 Å². The van der Waals surface area contributed by atoms with Gasteiger partial charge in [-0.2, -0.15) is 0 Å². The average molecular weight is 537 g/mol. The Morgan fingerprint density at radius 2 is 1.97 bits per heavy atom. The summed E-state index contributed by atoms with van der Waals surface area (Å²) >= 11 is 12.5. The van der Waals surface area contributed by atoms with Gasteiger partial charge in [0.1, 0.15) is 0 Å². The highest BCUT2D eigenvalue weighted by molar-refractivity contribution is 6.35. The molecule has 3 aliphatic heterocycles. The van der Waals surface area contributed by atoms with Crippen LogP contribution in [0.1, 0.15) is 44.7 Å². The Morgan fingerprint density at radius 3 is 2.67 bits per heavy atom. The number of benzene rings is 1. The summed E-state index contributed by atoms with van der Waals surface area (Å²) in [6.45, 7) is 5.66. The van der Waals surface area contributed by atoms with Gasteiger partial charge in [-0.15, -0.1) is 0 Å². The van der Waals surface area contributed by atoms with E-state index < -0.39 is 6.04 Å². The van der Waals surface area contributed by atoms with Crippen molar-refractivity contribution in [1.82, 2.24) is 20.0 Å². The van der Waals surface area contributed by atoms with E-state index in [1.165, 1.54) is 0 Å². The molecule has 0 aliphatic carbocycles. The maximum Gasteiger partial charge on any atom is 0.322 e. The number of rotatable bonds is 7. The molecule has 1 N–H and O–H groups in total. The van der Waals surface area contributed by atoms with E-state index in [2.05, 4.69) is 5.32 Å². The number of likely N-dealkylation sites (N-methyl/N-ethyl adjacent to an activating group) is 1. The molecule has 194 valence electrons. The Labute approximate surface area is 220 Å². The van der Waals surface area contributed by atoms with Gasteiger partial charge < -0.3 is 19.9 Å². The molecular formula is C25H30Cl2N4O5. The van der Waals surface area contributed by atoms with E-state index in [1.807, 2.05) is 6.92 Å². The molecule has 36 heavy (non-hydrogen) atoms. The fourth-order valence-electron chi connectivity index (χ4n) is 5.08. The lowest BCUT2D eigenvalue weighted by atomic mass is 9.95. The Hall–Kier alpha value is -2.78. The molecule has 1 saturated heterocycles. The first-order valence-corrected chi connectivity index (χ1v) is 13.0. The third-order valence-corrected chi connectivity index (χ3v) is 7.44. The van der Waals surface area contributed by atoms with Crippen LogP contribution in [0.2, 0.25) is 10.0 Å². The highest BCUT2D eigenvalue weighted by Crippen LogP contribution is 2.39. The van der Waals surface area contributed by atoms with Crippen molar-refractivity contribution in [2.24, 2.45) is 5.92 Å². The maximum atomic E-state index is 13.5. The number of piperidine rings is 1. The molecule has 1 aromatic rings. The van der Waals surface area contributed by atoms with E-state index in [0.717, 1.165) is 6.42 Å². The number of halogens is 2. The second-order valence-electron chi connectivity index (χ2n) is 9.06. The van der Waals surface area contributed by atoms with Gasteiger partial charge in [0.2, 0.25) is 5.91 Å². The Balaban J connectivity index is 1.47. The topological polar surface area (TPSA) is 99.3 Å². The molecule has 4 amide bonds. The van der Waals surface area contributed by atoms with Crippen LogP contribution < -0.4 is 5.32 Å². The molecule has 0 spiro atoms. The van der Waals surface area contributed by atoms with Crippen molar-refractivity contribution < 1.29 is 23.9 Å². The smallest absolute Gasteiger partial charge is 0.322 e. The number of amides is 4. The molecule has 0 aromatic heterocycles. The third kappa shape index (κ3) is 5.18. The molecule has 2 atom stereocenters. The van der Waals surface area contributed by atoms with E-state index >= 15 is 0 Å². The molecule has 0 radical (unpaired) electrons. The van der Waals surface area contributed by atoms with Gasteiger partial charge in [0, 0.05) is 42.6 Å². The summed E-state index contributed by atoms with van der Waals surface area (Å²) in [6.07, 6.45) is 1.56. The van der Waals surface area contributed by atoms with Crippen molar-refractivity contribution in [3.05, 3.63) is 45.1 Å². The van der Waals surface area contributed by atoms with Crippen LogP contribution in [0.25, 0.3) is 0 Å². The first-order valence-electron chi connectivity index (χ1n) is 12.2. The number of urea groups is 1. The average Bonchev–Trinajstić information content (AvgIpc) is 3.18. The van der Waals surface area contributed by atoms with Crippen molar-refractivity contribution in [1.29, 1.82) is 0 Å². The van der Waals surface area contributed by atoms with Crippen molar-refractivity contribution in [2.75, 3.05) is 39.3 Å². The lowest BCUT2D eigenvalue weighted by Crippen LogP contribution is -2.47. The predicted molar refractivity (Wildman–Crippen MR) is 134 cm³/mol. The molecule has 11 heteroatoms. The minimum atomic E-state index is -0.708. The van der Waals surface area contributed by atoms with Gasteiger partial charge in [-0.1, -0.05) is 29.3 Å². The summed E-state index contributed by atoms with van der Waals surface area (Å²) in [6, 6.07) is 3.93. The number of hydrogen-bond donors (Lipinski definition) is 1. The lowest BCUT2D eigenvalue weighted by Gasteiger charge is -2.33. The highest BCUT2D eigenvalue weighted by Gasteiger charge is 2.44. The zero-order valence-electron chi connectivity index (χ0n) is 20.4. The summed E-state index contributed by atoms with van der Waals surface area (Å²) < 4.78 is 5.12. The molecule has 9 nitrogen and oxygen atoms in total. The standard InChI is InChI=1S/C25H30Cl2N4O5/c1-3-31-19-14-30(11-9-20(32)29-10-5-6-15(13-29)24(34)36-4-2)23(33)21(19)22(28-25(31)35)17-8-7-16(26)12-18(17)27/h7-8,12,15,22H,3-6,9-11,13-14H2,1-2H3,(H,28,35). The summed E-state index contributed by atoms with van der Waals surface area (Å²) in [4.78, 5) is 56.2. The second-order valence-corrected chi connectivity index (χ2v) is 9.90. The van der Waals surface area contributed by atoms with Crippen LogP contribution in [-0.4, -0.2) is 77.8 Å². The van der Waals surface area contributed by atoms with Gasteiger partial charge in [-0.05, 0) is 44.4 Å². The van der Waals surface area contributed by atoms with Crippen LogP contribution in [-0.2, 0) is 19.1 Å². The van der Waals surface area contributed by atoms with Gasteiger partial charge >= 0.3 is 12.0 Å². The van der Waals surface area contributed by atoms with Gasteiger partial charge in [0.15, 0.2) is 0 Å². The normalized spacial score (nSPS) is 22.1. The monoisotopic (exact) mass is 536 g/mol. The van der Waals surface area contributed by atoms with Gasteiger partial charge in [-0.3, -0.25) is 19.3 Å². The quantitative estimate of drug-likeness (QED) is 0.538. The van der Waals surface area contributed by atoms with E-state index in [0.29, 0.717) is 59.5 Å². The number of nitrogens with one attached hydrogen (secondary N) is 1. The molecule has 3 aliphatic rings. The highest BCUT2D eigenvalue weighted by atomic mass is 35.5. The molecule has 4 rings (SSSR count).